The minimum atomic E-state index is 0.793. The Bertz CT molecular complexity index is 4100. The molecule has 2 aromatic heterocycles. The van der Waals surface area contributed by atoms with Gasteiger partial charge in [-0.25, -0.2) is 0 Å². The first-order chi connectivity index (χ1) is 33.2. The Morgan fingerprint density at radius 1 is 0.299 bits per heavy atom. The van der Waals surface area contributed by atoms with Gasteiger partial charge in [-0.15, -0.1) is 0 Å². The van der Waals surface area contributed by atoms with Crippen LogP contribution >= 0.6 is 0 Å². The molecule has 0 amide bonds. The van der Waals surface area contributed by atoms with Crippen LogP contribution < -0.4 is 14.5 Å². The van der Waals surface area contributed by atoms with E-state index >= 15 is 0 Å². The lowest BCUT2D eigenvalue weighted by Crippen LogP contribution is -2.12. The fourth-order valence-electron chi connectivity index (χ4n) is 10.4. The second-order valence-electron chi connectivity index (χ2n) is 17.2. The van der Waals surface area contributed by atoms with E-state index in [1.165, 1.54) is 0 Å². The zero-order valence-corrected chi connectivity index (χ0v) is 36.1. The monoisotopic (exact) mass is 858 g/mol. The van der Waals surface area contributed by atoms with E-state index in [9.17, 15) is 0 Å². The molecule has 0 unspecified atom stereocenters. The van der Waals surface area contributed by atoms with Crippen LogP contribution in [0.4, 0.5) is 34.1 Å². The normalized spacial score (nSPS) is 12.0. The SMILES string of the molecule is c1ccc(-c2ccccc2N(c2ccc3c(c2)Oc2cccc4c2c-3cc2ccc(N(c3ccccc3)c3cccc5c3oc3ccccc35)cc24)c2cccc3c2oc2ccccc23)cc1. The number of nitrogens with zero attached hydrogens (tertiary/aromatic N) is 2. The maximum Gasteiger partial charge on any atom is 0.159 e. The van der Waals surface area contributed by atoms with Crippen molar-refractivity contribution in [2.24, 2.45) is 0 Å². The molecule has 0 spiro atoms. The second-order valence-corrected chi connectivity index (χ2v) is 17.2. The fraction of sp³-hybridized carbons (Fsp3) is 0. The molecule has 0 saturated carbocycles. The van der Waals surface area contributed by atoms with Gasteiger partial charge in [0.05, 0.1) is 22.7 Å². The molecule has 0 atom stereocenters. The highest BCUT2D eigenvalue weighted by Crippen LogP contribution is 2.53. The summed E-state index contributed by atoms with van der Waals surface area (Å²) < 4.78 is 20.4. The number of benzene rings is 11. The van der Waals surface area contributed by atoms with E-state index in [4.69, 9.17) is 13.6 Å². The zero-order valence-electron chi connectivity index (χ0n) is 36.1. The Morgan fingerprint density at radius 2 is 0.866 bits per heavy atom. The van der Waals surface area contributed by atoms with Gasteiger partial charge in [-0.1, -0.05) is 146 Å². The third kappa shape index (κ3) is 5.81. The Balaban J connectivity index is 0.938. The van der Waals surface area contributed by atoms with Crippen molar-refractivity contribution >= 4 is 99.5 Å². The molecule has 0 aliphatic carbocycles. The van der Waals surface area contributed by atoms with Gasteiger partial charge in [0.15, 0.2) is 11.2 Å². The molecule has 14 rings (SSSR count). The third-order valence-electron chi connectivity index (χ3n) is 13.4. The first-order valence-electron chi connectivity index (χ1n) is 22.7. The molecular weight excluding hydrogens is 821 g/mol. The lowest BCUT2D eigenvalue weighted by atomic mass is 9.90. The summed E-state index contributed by atoms with van der Waals surface area (Å²) in [5, 5.41) is 8.86. The Morgan fingerprint density at radius 3 is 1.61 bits per heavy atom. The van der Waals surface area contributed by atoms with Crippen LogP contribution in [0.2, 0.25) is 0 Å². The lowest BCUT2D eigenvalue weighted by molar-refractivity contribution is 0.487. The molecule has 0 bridgehead atoms. The predicted molar refractivity (Wildman–Crippen MR) is 276 cm³/mol. The maximum absolute atomic E-state index is 7.03. The Kier molecular flexibility index (Phi) is 8.21. The quantitative estimate of drug-likeness (QED) is 0.149. The number of para-hydroxylation sites is 6. The van der Waals surface area contributed by atoms with Crippen LogP contribution in [0.25, 0.3) is 87.7 Å². The summed E-state index contributed by atoms with van der Waals surface area (Å²) in [6.45, 7) is 0. The predicted octanol–water partition coefficient (Wildman–Crippen LogP) is 18.2. The molecule has 0 N–H and O–H groups in total. The Hall–Kier alpha value is -9.06. The van der Waals surface area contributed by atoms with Crippen molar-refractivity contribution in [1.82, 2.24) is 0 Å². The molecular formula is C62H38N2O3. The summed E-state index contributed by atoms with van der Waals surface area (Å²) in [7, 11) is 0. The topological polar surface area (TPSA) is 42.0 Å². The highest BCUT2D eigenvalue weighted by molar-refractivity contribution is 6.19. The summed E-state index contributed by atoms with van der Waals surface area (Å²) in [6.07, 6.45) is 0. The van der Waals surface area contributed by atoms with E-state index in [1.807, 2.05) is 24.3 Å². The van der Waals surface area contributed by atoms with E-state index in [1.54, 1.807) is 0 Å². The van der Waals surface area contributed by atoms with Crippen molar-refractivity contribution in [1.29, 1.82) is 0 Å². The lowest BCUT2D eigenvalue weighted by Gasteiger charge is -2.30. The average Bonchev–Trinajstić information content (AvgIpc) is 3.97. The van der Waals surface area contributed by atoms with Gasteiger partial charge in [0.2, 0.25) is 0 Å². The van der Waals surface area contributed by atoms with Gasteiger partial charge >= 0.3 is 0 Å². The molecule has 11 aromatic carbocycles. The summed E-state index contributed by atoms with van der Waals surface area (Å²) in [4.78, 5) is 4.62. The van der Waals surface area contributed by atoms with Crippen molar-refractivity contribution in [3.05, 3.63) is 231 Å². The van der Waals surface area contributed by atoms with Crippen molar-refractivity contribution in [2.45, 2.75) is 0 Å². The standard InChI is InChI=1S/C62H38N2O3/c1-3-16-39(17-4-1)44-20-7-10-26-53(44)64(55-28-14-25-50-46-22-9-12-30-57(46)67-62(50)55)43-34-35-47-52-36-40-32-33-42(37-51(40)48-23-15-31-58(60(48)52)65-59(47)38-43)63(41-18-5-2-6-19-41)54-27-13-24-49-45-21-8-11-29-56(45)66-61(49)54/h1-38H. The number of hydrogen-bond acceptors (Lipinski definition) is 5. The molecule has 13 aromatic rings. The van der Waals surface area contributed by atoms with Crippen molar-refractivity contribution < 1.29 is 13.6 Å². The fourth-order valence-corrected chi connectivity index (χ4v) is 10.4. The van der Waals surface area contributed by atoms with E-state index in [0.29, 0.717) is 0 Å². The zero-order chi connectivity index (χ0) is 44.0. The van der Waals surface area contributed by atoms with Crippen LogP contribution in [0, 0.1) is 0 Å². The van der Waals surface area contributed by atoms with Gasteiger partial charge in [0.1, 0.15) is 22.7 Å². The van der Waals surface area contributed by atoms with Gasteiger partial charge in [0, 0.05) is 55.5 Å². The number of ether oxygens (including phenoxy) is 1. The number of fused-ring (bicyclic) bond motifs is 10. The molecule has 67 heavy (non-hydrogen) atoms. The van der Waals surface area contributed by atoms with Gasteiger partial charge < -0.3 is 23.4 Å². The van der Waals surface area contributed by atoms with Crippen LogP contribution in [0.5, 0.6) is 11.5 Å². The Labute approximate surface area is 385 Å². The number of anilines is 6. The number of rotatable bonds is 7. The number of furan rings is 2. The van der Waals surface area contributed by atoms with E-state index in [2.05, 4.69) is 216 Å². The largest absolute Gasteiger partial charge is 0.456 e. The van der Waals surface area contributed by atoms with E-state index in [-0.39, 0.29) is 0 Å². The highest BCUT2D eigenvalue weighted by atomic mass is 16.5. The van der Waals surface area contributed by atoms with Gasteiger partial charge in [-0.2, -0.15) is 0 Å². The summed E-state index contributed by atoms with van der Waals surface area (Å²) >= 11 is 0. The minimum absolute atomic E-state index is 0.793. The van der Waals surface area contributed by atoms with Crippen molar-refractivity contribution in [3.8, 4) is 33.8 Å². The molecule has 3 heterocycles. The van der Waals surface area contributed by atoms with Gasteiger partial charge in [0.25, 0.3) is 0 Å². The van der Waals surface area contributed by atoms with Crippen LogP contribution in [-0.4, -0.2) is 0 Å². The third-order valence-corrected chi connectivity index (χ3v) is 13.4. The molecule has 1 aliphatic rings. The van der Waals surface area contributed by atoms with Crippen LogP contribution in [0.1, 0.15) is 0 Å². The average molecular weight is 859 g/mol. The molecule has 1 aliphatic heterocycles. The second kappa shape index (κ2) is 14.7. The van der Waals surface area contributed by atoms with Gasteiger partial charge in [-0.3, -0.25) is 0 Å². The summed E-state index contributed by atoms with van der Waals surface area (Å²) in [5.74, 6) is 1.62. The molecule has 5 heteroatoms. The molecule has 5 nitrogen and oxygen atoms in total. The van der Waals surface area contributed by atoms with Gasteiger partial charge in [-0.05, 0) is 106 Å². The van der Waals surface area contributed by atoms with Crippen LogP contribution in [0.15, 0.2) is 239 Å². The first kappa shape index (κ1) is 37.3. The minimum Gasteiger partial charge on any atom is -0.456 e. The van der Waals surface area contributed by atoms with E-state index in [0.717, 1.165) is 133 Å². The van der Waals surface area contributed by atoms with Crippen molar-refractivity contribution in [2.75, 3.05) is 9.80 Å². The van der Waals surface area contributed by atoms with Crippen LogP contribution in [0.3, 0.4) is 0 Å². The smallest absolute Gasteiger partial charge is 0.159 e. The van der Waals surface area contributed by atoms with Crippen LogP contribution in [-0.2, 0) is 0 Å². The molecule has 0 radical (unpaired) electrons. The molecule has 0 saturated heterocycles. The highest BCUT2D eigenvalue weighted by Gasteiger charge is 2.27. The summed E-state index contributed by atoms with van der Waals surface area (Å²) in [5.41, 5.74) is 13.8. The number of hydrogen-bond donors (Lipinski definition) is 0. The summed E-state index contributed by atoms with van der Waals surface area (Å²) in [6, 6.07) is 81.2. The van der Waals surface area contributed by atoms with E-state index < -0.39 is 0 Å². The molecule has 0 fully saturated rings. The first-order valence-corrected chi connectivity index (χ1v) is 22.7. The maximum atomic E-state index is 7.03. The molecule has 314 valence electrons. The van der Waals surface area contributed by atoms with Crippen molar-refractivity contribution in [3.63, 3.8) is 0 Å².